The van der Waals surface area contributed by atoms with Gasteiger partial charge in [0, 0.05) is 35.3 Å². The van der Waals surface area contributed by atoms with Gasteiger partial charge >= 0.3 is 0 Å². The van der Waals surface area contributed by atoms with Crippen molar-refractivity contribution in [2.75, 3.05) is 10.6 Å². The number of anilines is 3. The van der Waals surface area contributed by atoms with E-state index in [1.807, 2.05) is 48.5 Å². The van der Waals surface area contributed by atoms with Crippen LogP contribution >= 0.6 is 0 Å². The average molecular weight is 465 g/mol. The molecule has 0 unspecified atom stereocenters. The third-order valence-corrected chi connectivity index (χ3v) is 5.33. The van der Waals surface area contributed by atoms with Crippen molar-refractivity contribution in [3.63, 3.8) is 0 Å². The van der Waals surface area contributed by atoms with Gasteiger partial charge in [-0.15, -0.1) is 5.10 Å². The molecule has 0 fully saturated rings. The molecule has 174 valence electrons. The van der Waals surface area contributed by atoms with Gasteiger partial charge in [0.2, 0.25) is 0 Å². The Hall–Kier alpha value is -5.05. The van der Waals surface area contributed by atoms with Gasteiger partial charge in [0.15, 0.2) is 11.6 Å². The molecule has 2 aromatic carbocycles. The minimum absolute atomic E-state index is 0.244. The number of para-hydroxylation sites is 1. The van der Waals surface area contributed by atoms with Gasteiger partial charge in [-0.2, -0.15) is 0 Å². The van der Waals surface area contributed by atoms with Gasteiger partial charge in [0.05, 0.1) is 11.1 Å². The Morgan fingerprint density at radius 1 is 1.00 bits per heavy atom. The van der Waals surface area contributed by atoms with E-state index in [-0.39, 0.29) is 5.57 Å². The molecule has 0 bridgehead atoms. The van der Waals surface area contributed by atoms with Crippen LogP contribution in [-0.2, 0) is 4.79 Å². The first-order chi connectivity index (χ1) is 17.1. The van der Waals surface area contributed by atoms with Gasteiger partial charge in [-0.25, -0.2) is 9.67 Å². The highest BCUT2D eigenvalue weighted by molar-refractivity contribution is 6.16. The molecule has 0 aliphatic rings. The second kappa shape index (κ2) is 10.3. The van der Waals surface area contributed by atoms with Crippen molar-refractivity contribution in [1.82, 2.24) is 14.8 Å². The second-order valence-electron chi connectivity index (χ2n) is 7.47. The third-order valence-electron chi connectivity index (χ3n) is 5.33. The Balaban J connectivity index is 1.67. The third kappa shape index (κ3) is 4.83. The summed E-state index contributed by atoms with van der Waals surface area (Å²) < 4.78 is 1.71. The first-order valence-electron chi connectivity index (χ1n) is 10.8. The van der Waals surface area contributed by atoms with Crippen LogP contribution in [0.3, 0.4) is 0 Å². The molecule has 4 rings (SSSR count). The number of carbonyl (C=O) groups is 1. The van der Waals surface area contributed by atoms with E-state index in [0.717, 1.165) is 28.4 Å². The lowest BCUT2D eigenvalue weighted by Crippen LogP contribution is -2.16. The van der Waals surface area contributed by atoms with Gasteiger partial charge < -0.3 is 27.2 Å². The number of nitrogens with zero attached hydrogens (tertiary/aromatic N) is 3. The van der Waals surface area contributed by atoms with Crippen molar-refractivity contribution in [2.45, 2.75) is 6.92 Å². The van der Waals surface area contributed by atoms with Gasteiger partial charge in [0.1, 0.15) is 5.82 Å². The molecule has 0 aliphatic carbocycles. The maximum absolute atomic E-state index is 12.3. The largest absolute Gasteiger partial charge is 0.404 e. The molecule has 2 aromatic heterocycles. The summed E-state index contributed by atoms with van der Waals surface area (Å²) in [4.78, 5) is 16.9. The molecule has 1 amide bonds. The van der Waals surface area contributed by atoms with E-state index < -0.39 is 5.91 Å². The van der Waals surface area contributed by atoms with E-state index in [0.29, 0.717) is 23.0 Å². The van der Waals surface area contributed by atoms with Crippen LogP contribution in [-0.4, -0.2) is 33.1 Å². The van der Waals surface area contributed by atoms with Crippen LogP contribution in [0.25, 0.3) is 22.3 Å². The number of pyridine rings is 1. The smallest absolute Gasteiger partial charge is 0.258 e. The number of aromatic nitrogens is 3. The van der Waals surface area contributed by atoms with Crippen molar-refractivity contribution in [3.05, 3.63) is 90.1 Å². The van der Waals surface area contributed by atoms with Crippen LogP contribution in [0.1, 0.15) is 12.5 Å². The number of nitrogens with one attached hydrogen (secondary N) is 4. The number of nitrogens with two attached hydrogens (primary N) is 1. The van der Waals surface area contributed by atoms with E-state index in [1.165, 1.54) is 12.4 Å². The van der Waals surface area contributed by atoms with Gasteiger partial charge in [-0.1, -0.05) is 36.4 Å². The molecular weight excluding hydrogens is 440 g/mol. The predicted molar refractivity (Wildman–Crippen MR) is 141 cm³/mol. The molecule has 9 nitrogen and oxygen atoms in total. The normalized spacial score (nSPS) is 11.8. The number of benzene rings is 2. The van der Waals surface area contributed by atoms with Crippen molar-refractivity contribution < 1.29 is 4.79 Å². The van der Waals surface area contributed by atoms with Crippen LogP contribution < -0.4 is 16.4 Å². The van der Waals surface area contributed by atoms with Gasteiger partial charge in [0.25, 0.3) is 5.91 Å². The summed E-state index contributed by atoms with van der Waals surface area (Å²) in [5.41, 5.74) is 8.96. The second-order valence-corrected chi connectivity index (χ2v) is 7.47. The fourth-order valence-corrected chi connectivity index (χ4v) is 3.52. The summed E-state index contributed by atoms with van der Waals surface area (Å²) in [6, 6.07) is 20.6. The molecule has 4 aromatic rings. The Kier molecular flexibility index (Phi) is 6.78. The van der Waals surface area contributed by atoms with Crippen molar-refractivity contribution in [2.24, 2.45) is 5.73 Å². The SMILES string of the molecule is C/C=C(\C=N)C(=O)Nc1cccc(-n2nc(Nc3ccc(/C(C=N)=C/N)cc3)c3ccccc32)n1. The lowest BCUT2D eigenvalue weighted by Gasteiger charge is -2.08. The number of allylic oxidation sites excluding steroid dienone is 2. The molecule has 0 saturated heterocycles. The van der Waals surface area contributed by atoms with Crippen LogP contribution in [0.4, 0.5) is 17.3 Å². The molecule has 0 radical (unpaired) electrons. The lowest BCUT2D eigenvalue weighted by atomic mass is 10.1. The molecule has 9 heteroatoms. The molecule has 35 heavy (non-hydrogen) atoms. The highest BCUT2D eigenvalue weighted by Gasteiger charge is 2.14. The Morgan fingerprint density at radius 3 is 2.46 bits per heavy atom. The van der Waals surface area contributed by atoms with Crippen molar-refractivity contribution in [3.8, 4) is 5.82 Å². The predicted octanol–water partition coefficient (Wildman–Crippen LogP) is 4.65. The first-order valence-corrected chi connectivity index (χ1v) is 10.8. The zero-order valence-electron chi connectivity index (χ0n) is 19.0. The first kappa shape index (κ1) is 23.1. The fourth-order valence-electron chi connectivity index (χ4n) is 3.52. The Labute approximate surface area is 202 Å². The molecule has 0 atom stereocenters. The minimum Gasteiger partial charge on any atom is -0.404 e. The summed E-state index contributed by atoms with van der Waals surface area (Å²) in [7, 11) is 0. The van der Waals surface area contributed by atoms with Gasteiger partial charge in [-0.05, 0) is 48.9 Å². The van der Waals surface area contributed by atoms with E-state index in [1.54, 1.807) is 35.9 Å². The number of hydrogen-bond donors (Lipinski definition) is 5. The fraction of sp³-hybridized carbons (Fsp3) is 0.0385. The average Bonchev–Trinajstić information content (AvgIpc) is 3.25. The number of amides is 1. The van der Waals surface area contributed by atoms with E-state index in [9.17, 15) is 4.79 Å². The number of carbonyl (C=O) groups excluding carboxylic acids is 1. The van der Waals surface area contributed by atoms with Gasteiger partial charge in [-0.3, -0.25) is 4.79 Å². The number of fused-ring (bicyclic) bond motifs is 1. The maximum Gasteiger partial charge on any atom is 0.258 e. The number of hydrogen-bond acceptors (Lipinski definition) is 7. The van der Waals surface area contributed by atoms with Crippen LogP contribution in [0.15, 0.2) is 84.6 Å². The quantitative estimate of drug-likeness (QED) is 0.190. The Morgan fingerprint density at radius 2 is 1.77 bits per heavy atom. The summed E-state index contributed by atoms with van der Waals surface area (Å²) in [5, 5.41) is 26.5. The lowest BCUT2D eigenvalue weighted by molar-refractivity contribution is -0.112. The summed E-state index contributed by atoms with van der Waals surface area (Å²) in [6.07, 6.45) is 5.18. The number of rotatable bonds is 8. The summed E-state index contributed by atoms with van der Waals surface area (Å²) in [5.74, 6) is 1.13. The Bertz CT molecular complexity index is 1460. The topological polar surface area (TPSA) is 146 Å². The molecule has 0 aliphatic heterocycles. The van der Waals surface area contributed by atoms with Crippen molar-refractivity contribution in [1.29, 1.82) is 10.8 Å². The zero-order valence-corrected chi connectivity index (χ0v) is 19.0. The summed E-state index contributed by atoms with van der Waals surface area (Å²) in [6.45, 7) is 1.70. The summed E-state index contributed by atoms with van der Waals surface area (Å²) >= 11 is 0. The maximum atomic E-state index is 12.3. The molecule has 0 saturated carbocycles. The minimum atomic E-state index is -0.404. The highest BCUT2D eigenvalue weighted by atomic mass is 16.1. The standard InChI is InChI=1S/C26H24N8O/c1-2-17(14-27)26(35)32-23-8-5-9-24(31-23)34-22-7-4-3-6-21(22)25(33-34)30-20-12-10-18(11-13-20)19(15-28)16-29/h2-16,27-28H,29H2,1H3,(H,30,33)(H,31,32,35)/b17-2+,19-16+,27-14?,28-15?. The van der Waals surface area contributed by atoms with Crippen LogP contribution in [0.5, 0.6) is 0 Å². The van der Waals surface area contributed by atoms with E-state index in [4.69, 9.17) is 21.7 Å². The molecule has 6 N–H and O–H groups in total. The van der Waals surface area contributed by atoms with Crippen LogP contribution in [0, 0.1) is 10.8 Å². The van der Waals surface area contributed by atoms with Crippen molar-refractivity contribution >= 4 is 52.1 Å². The van der Waals surface area contributed by atoms with Crippen LogP contribution in [0.2, 0.25) is 0 Å². The van der Waals surface area contributed by atoms with E-state index >= 15 is 0 Å². The monoisotopic (exact) mass is 464 g/mol. The zero-order chi connectivity index (χ0) is 24.8. The highest BCUT2D eigenvalue weighted by Crippen LogP contribution is 2.28. The van der Waals surface area contributed by atoms with E-state index in [2.05, 4.69) is 15.6 Å². The molecule has 2 heterocycles. The molecule has 0 spiro atoms. The molecular formula is C26H24N8O.